The quantitative estimate of drug-likeness (QED) is 0.783. The van der Waals surface area contributed by atoms with E-state index in [1.807, 2.05) is 32.0 Å². The minimum absolute atomic E-state index is 0.153. The first-order valence-electron chi connectivity index (χ1n) is 6.84. The highest BCUT2D eigenvalue weighted by Crippen LogP contribution is 2.18. The van der Waals surface area contributed by atoms with Crippen molar-refractivity contribution in [1.29, 1.82) is 0 Å². The third-order valence-corrected chi connectivity index (χ3v) is 3.57. The lowest BCUT2D eigenvalue weighted by atomic mass is 10.0. The van der Waals surface area contributed by atoms with Crippen molar-refractivity contribution in [2.75, 3.05) is 26.2 Å². The van der Waals surface area contributed by atoms with E-state index in [-0.39, 0.29) is 11.4 Å². The van der Waals surface area contributed by atoms with Gasteiger partial charge in [-0.3, -0.25) is 9.69 Å². The highest BCUT2D eigenvalue weighted by atomic mass is 16.5. The minimum Gasteiger partial charge on any atom is -0.373 e. The van der Waals surface area contributed by atoms with Crippen molar-refractivity contribution < 1.29 is 9.53 Å². The summed E-state index contributed by atoms with van der Waals surface area (Å²) in [4.78, 5) is 14.6. The molecule has 19 heavy (non-hydrogen) atoms. The van der Waals surface area contributed by atoms with Gasteiger partial charge in [-0.05, 0) is 39.3 Å². The number of aryl methyl sites for hydroxylation is 2. The summed E-state index contributed by atoms with van der Waals surface area (Å²) >= 11 is 0. The van der Waals surface area contributed by atoms with E-state index in [0.717, 1.165) is 29.8 Å². The van der Waals surface area contributed by atoms with E-state index in [9.17, 15) is 4.79 Å². The molecule has 1 heterocycles. The zero-order valence-corrected chi connectivity index (χ0v) is 12.3. The number of Topliss-reactive ketones (excluding diaryl/α,β-unsaturated/α-hetero) is 1. The van der Waals surface area contributed by atoms with Gasteiger partial charge in [-0.1, -0.05) is 17.7 Å². The van der Waals surface area contributed by atoms with Gasteiger partial charge in [0.25, 0.3) is 0 Å². The molecule has 1 aliphatic heterocycles. The van der Waals surface area contributed by atoms with Crippen molar-refractivity contribution >= 4 is 5.78 Å². The molecule has 3 heteroatoms. The van der Waals surface area contributed by atoms with Crippen LogP contribution in [0.3, 0.4) is 0 Å². The number of nitrogens with zero attached hydrogens (tertiary/aromatic N) is 1. The van der Waals surface area contributed by atoms with Gasteiger partial charge in [0.2, 0.25) is 0 Å². The molecule has 0 radical (unpaired) electrons. The highest BCUT2D eigenvalue weighted by molar-refractivity contribution is 5.99. The van der Waals surface area contributed by atoms with Gasteiger partial charge >= 0.3 is 0 Å². The van der Waals surface area contributed by atoms with E-state index < -0.39 is 0 Å². The van der Waals surface area contributed by atoms with Gasteiger partial charge in [0.05, 0.1) is 18.8 Å². The first kappa shape index (κ1) is 14.2. The minimum atomic E-state index is -0.153. The van der Waals surface area contributed by atoms with Crippen LogP contribution in [0.5, 0.6) is 0 Å². The fourth-order valence-corrected chi connectivity index (χ4v) is 2.57. The Hall–Kier alpha value is -1.19. The molecule has 1 fully saturated rings. The third-order valence-electron chi connectivity index (χ3n) is 3.57. The SMILES string of the molecule is Cc1ccc(C)c(C(=O)CN2CCOC(C)(C)C2)c1. The van der Waals surface area contributed by atoms with Gasteiger partial charge in [0.1, 0.15) is 0 Å². The summed E-state index contributed by atoms with van der Waals surface area (Å²) in [7, 11) is 0. The number of ketones is 1. The van der Waals surface area contributed by atoms with E-state index >= 15 is 0 Å². The molecule has 0 saturated carbocycles. The summed E-state index contributed by atoms with van der Waals surface area (Å²) in [6.45, 7) is 11.0. The van der Waals surface area contributed by atoms with E-state index in [1.54, 1.807) is 0 Å². The van der Waals surface area contributed by atoms with Crippen molar-refractivity contribution in [1.82, 2.24) is 4.90 Å². The molecule has 104 valence electrons. The number of hydrogen-bond donors (Lipinski definition) is 0. The predicted molar refractivity (Wildman–Crippen MR) is 76.7 cm³/mol. The largest absolute Gasteiger partial charge is 0.373 e. The van der Waals surface area contributed by atoms with Crippen molar-refractivity contribution in [2.24, 2.45) is 0 Å². The highest BCUT2D eigenvalue weighted by Gasteiger charge is 2.28. The zero-order chi connectivity index (χ0) is 14.0. The lowest BCUT2D eigenvalue weighted by molar-refractivity contribution is -0.0833. The van der Waals surface area contributed by atoms with Crippen molar-refractivity contribution in [2.45, 2.75) is 33.3 Å². The molecule has 1 aromatic carbocycles. The summed E-state index contributed by atoms with van der Waals surface area (Å²) < 4.78 is 5.67. The second kappa shape index (κ2) is 5.43. The Morgan fingerprint density at radius 1 is 1.37 bits per heavy atom. The first-order chi connectivity index (χ1) is 8.87. The fraction of sp³-hybridized carbons (Fsp3) is 0.562. The summed E-state index contributed by atoms with van der Waals surface area (Å²) in [5.74, 6) is 0.207. The monoisotopic (exact) mass is 261 g/mol. The van der Waals surface area contributed by atoms with Gasteiger partial charge in [-0.15, -0.1) is 0 Å². The summed E-state index contributed by atoms with van der Waals surface area (Å²) in [6, 6.07) is 6.05. The van der Waals surface area contributed by atoms with Crippen molar-refractivity contribution in [3.8, 4) is 0 Å². The molecule has 0 spiro atoms. The van der Waals surface area contributed by atoms with Gasteiger partial charge < -0.3 is 4.74 Å². The maximum atomic E-state index is 12.4. The van der Waals surface area contributed by atoms with Crippen LogP contribution >= 0.6 is 0 Å². The number of morpholine rings is 1. The smallest absolute Gasteiger partial charge is 0.177 e. The van der Waals surface area contributed by atoms with Crippen LogP contribution in [-0.4, -0.2) is 42.5 Å². The molecule has 0 aromatic heterocycles. The second-order valence-electron chi connectivity index (χ2n) is 6.06. The van der Waals surface area contributed by atoms with Crippen LogP contribution in [-0.2, 0) is 4.74 Å². The van der Waals surface area contributed by atoms with Gasteiger partial charge in [0, 0.05) is 18.7 Å². The average molecular weight is 261 g/mol. The van der Waals surface area contributed by atoms with E-state index in [0.29, 0.717) is 13.2 Å². The maximum absolute atomic E-state index is 12.4. The second-order valence-corrected chi connectivity index (χ2v) is 6.06. The molecule has 2 rings (SSSR count). The number of ether oxygens (including phenoxy) is 1. The van der Waals surface area contributed by atoms with Crippen LogP contribution < -0.4 is 0 Å². The van der Waals surface area contributed by atoms with E-state index in [2.05, 4.69) is 18.7 Å². The molecule has 0 bridgehead atoms. The molecule has 3 nitrogen and oxygen atoms in total. The standard InChI is InChI=1S/C16H23NO2/c1-12-5-6-13(2)14(9-12)15(18)10-17-7-8-19-16(3,4)11-17/h5-6,9H,7-8,10-11H2,1-4H3. The Balaban J connectivity index is 2.06. The maximum Gasteiger partial charge on any atom is 0.177 e. The van der Waals surface area contributed by atoms with Gasteiger partial charge in [-0.2, -0.15) is 0 Å². The molecule has 0 atom stereocenters. The number of benzene rings is 1. The third kappa shape index (κ3) is 3.64. The Bertz CT molecular complexity index is 480. The molecule has 0 N–H and O–H groups in total. The van der Waals surface area contributed by atoms with Crippen LogP contribution in [0, 0.1) is 13.8 Å². The molecular formula is C16H23NO2. The molecule has 1 aromatic rings. The summed E-state index contributed by atoms with van der Waals surface area (Å²) in [5.41, 5.74) is 2.89. The predicted octanol–water partition coefficient (Wildman–Crippen LogP) is 2.60. The first-order valence-corrected chi connectivity index (χ1v) is 6.84. The van der Waals surface area contributed by atoms with E-state index in [1.165, 1.54) is 0 Å². The van der Waals surface area contributed by atoms with Crippen LogP contribution in [0.2, 0.25) is 0 Å². The summed E-state index contributed by atoms with van der Waals surface area (Å²) in [5, 5.41) is 0. The topological polar surface area (TPSA) is 29.5 Å². The Kier molecular flexibility index (Phi) is 4.07. The molecule has 0 aliphatic carbocycles. The van der Waals surface area contributed by atoms with Gasteiger partial charge in [0.15, 0.2) is 5.78 Å². The number of rotatable bonds is 3. The van der Waals surface area contributed by atoms with Crippen molar-refractivity contribution in [3.05, 3.63) is 34.9 Å². The normalized spacial score (nSPS) is 19.4. The fourth-order valence-electron chi connectivity index (χ4n) is 2.57. The number of carbonyl (C=O) groups is 1. The van der Waals surface area contributed by atoms with Crippen LogP contribution in [0.15, 0.2) is 18.2 Å². The average Bonchev–Trinajstić information content (AvgIpc) is 2.31. The molecular weight excluding hydrogens is 238 g/mol. The van der Waals surface area contributed by atoms with Crippen molar-refractivity contribution in [3.63, 3.8) is 0 Å². The lowest BCUT2D eigenvalue weighted by Gasteiger charge is -2.37. The Labute approximate surface area is 115 Å². The number of hydrogen-bond acceptors (Lipinski definition) is 3. The van der Waals surface area contributed by atoms with Gasteiger partial charge in [-0.25, -0.2) is 0 Å². The molecule has 1 aliphatic rings. The van der Waals surface area contributed by atoms with Crippen LogP contribution in [0.1, 0.15) is 35.3 Å². The molecule has 0 amide bonds. The van der Waals surface area contributed by atoms with Crippen LogP contribution in [0.25, 0.3) is 0 Å². The molecule has 0 unspecified atom stereocenters. The Morgan fingerprint density at radius 3 is 2.79 bits per heavy atom. The summed E-state index contributed by atoms with van der Waals surface area (Å²) in [6.07, 6.45) is 0. The van der Waals surface area contributed by atoms with E-state index in [4.69, 9.17) is 4.74 Å². The number of carbonyl (C=O) groups excluding carboxylic acids is 1. The van der Waals surface area contributed by atoms with Crippen LogP contribution in [0.4, 0.5) is 0 Å². The zero-order valence-electron chi connectivity index (χ0n) is 12.3. The lowest BCUT2D eigenvalue weighted by Crippen LogP contribution is -2.49. The Morgan fingerprint density at radius 2 is 2.11 bits per heavy atom. The molecule has 1 saturated heterocycles.